The second-order valence-corrected chi connectivity index (χ2v) is 6.59. The summed E-state index contributed by atoms with van der Waals surface area (Å²) in [5.41, 5.74) is 0.813. The molecule has 0 aromatic heterocycles. The zero-order valence-electron chi connectivity index (χ0n) is 12.0. The Morgan fingerprint density at radius 2 is 1.65 bits per heavy atom. The van der Waals surface area contributed by atoms with Gasteiger partial charge in [-0.25, -0.2) is 8.42 Å². The lowest BCUT2D eigenvalue weighted by molar-refractivity contribution is -0.478. The van der Waals surface area contributed by atoms with E-state index in [2.05, 4.69) is 5.16 Å². The number of rotatable bonds is 7. The van der Waals surface area contributed by atoms with Crippen molar-refractivity contribution in [2.45, 2.75) is 16.9 Å². The van der Waals surface area contributed by atoms with Gasteiger partial charge in [-0.05, 0) is 17.7 Å². The lowest BCUT2D eigenvalue weighted by atomic mass is 10.2. The lowest BCUT2D eigenvalue weighted by Crippen LogP contribution is -2.31. The fourth-order valence-corrected chi connectivity index (χ4v) is 3.03. The van der Waals surface area contributed by atoms with Gasteiger partial charge in [0, 0.05) is 4.92 Å². The van der Waals surface area contributed by atoms with Crippen LogP contribution < -0.4 is 0 Å². The van der Waals surface area contributed by atoms with E-state index in [0.29, 0.717) is 6.21 Å². The molecule has 0 amide bonds. The van der Waals surface area contributed by atoms with Gasteiger partial charge < -0.3 is 4.84 Å². The minimum atomic E-state index is -4.17. The normalized spacial score (nSPS) is 12.9. The van der Waals surface area contributed by atoms with E-state index in [9.17, 15) is 18.5 Å². The van der Waals surface area contributed by atoms with E-state index in [1.807, 2.05) is 18.2 Å². The Labute approximate surface area is 133 Å². The third kappa shape index (κ3) is 4.36. The molecule has 2 rings (SSSR count). The van der Waals surface area contributed by atoms with E-state index >= 15 is 0 Å². The van der Waals surface area contributed by atoms with Crippen LogP contribution >= 0.6 is 0 Å². The molecule has 1 unspecified atom stereocenters. The van der Waals surface area contributed by atoms with E-state index < -0.39 is 20.1 Å². The minimum absolute atomic E-state index is 0.0904. The van der Waals surface area contributed by atoms with Crippen molar-refractivity contribution in [2.75, 3.05) is 0 Å². The summed E-state index contributed by atoms with van der Waals surface area (Å²) in [4.78, 5) is 14.9. The van der Waals surface area contributed by atoms with Crippen LogP contribution in [0.3, 0.4) is 0 Å². The highest BCUT2D eigenvalue weighted by atomic mass is 32.2. The van der Waals surface area contributed by atoms with E-state index in [4.69, 9.17) is 4.84 Å². The second-order valence-electron chi connectivity index (χ2n) is 4.55. The minimum Gasteiger partial charge on any atom is -0.391 e. The number of hydrogen-bond acceptors (Lipinski definition) is 6. The highest BCUT2D eigenvalue weighted by Gasteiger charge is 2.36. The molecule has 0 aliphatic heterocycles. The largest absolute Gasteiger partial charge is 0.391 e. The maximum Gasteiger partial charge on any atom is 0.352 e. The number of nitrogens with zero attached hydrogens (tertiary/aromatic N) is 2. The molecule has 0 bridgehead atoms. The van der Waals surface area contributed by atoms with Gasteiger partial charge in [-0.15, -0.1) is 0 Å². The monoisotopic (exact) mass is 334 g/mol. The van der Waals surface area contributed by atoms with Gasteiger partial charge in [0.2, 0.25) is 0 Å². The molecule has 7 nitrogen and oxygen atoms in total. The lowest BCUT2D eigenvalue weighted by Gasteiger charge is -2.06. The summed E-state index contributed by atoms with van der Waals surface area (Å²) in [6, 6.07) is 16.2. The summed E-state index contributed by atoms with van der Waals surface area (Å²) in [5.74, 6) is 0. The van der Waals surface area contributed by atoms with Crippen LogP contribution in [0.1, 0.15) is 5.56 Å². The van der Waals surface area contributed by atoms with Crippen LogP contribution in [0.15, 0.2) is 70.7 Å². The Bertz CT molecular complexity index is 776. The van der Waals surface area contributed by atoms with Crippen molar-refractivity contribution in [1.29, 1.82) is 0 Å². The SMILES string of the molecule is O=[N+]([O-])C(/C=N\OCc1ccccc1)S(=O)(=O)c1ccccc1. The van der Waals surface area contributed by atoms with Gasteiger partial charge in [-0.1, -0.05) is 53.7 Å². The van der Waals surface area contributed by atoms with E-state index in [0.717, 1.165) is 5.56 Å². The van der Waals surface area contributed by atoms with Crippen molar-refractivity contribution >= 4 is 16.1 Å². The Hall–Kier alpha value is -2.74. The van der Waals surface area contributed by atoms with Crippen LogP contribution in [0.5, 0.6) is 0 Å². The molecule has 8 heteroatoms. The van der Waals surface area contributed by atoms with Crippen molar-refractivity contribution in [3.63, 3.8) is 0 Å². The van der Waals surface area contributed by atoms with Crippen molar-refractivity contribution in [3.8, 4) is 0 Å². The fourth-order valence-electron chi connectivity index (χ4n) is 1.78. The second kappa shape index (κ2) is 7.50. The van der Waals surface area contributed by atoms with Crippen LogP contribution in [-0.2, 0) is 21.3 Å². The molecule has 0 saturated heterocycles. The summed E-state index contributed by atoms with van der Waals surface area (Å²) in [7, 11) is -4.17. The fraction of sp³-hybridized carbons (Fsp3) is 0.133. The van der Waals surface area contributed by atoms with Gasteiger partial charge in [0.1, 0.15) is 12.8 Å². The summed E-state index contributed by atoms with van der Waals surface area (Å²) in [6.07, 6.45) is 0.686. The molecule has 0 N–H and O–H groups in total. The molecule has 2 aromatic carbocycles. The molecule has 2 aromatic rings. The smallest absolute Gasteiger partial charge is 0.352 e. The average Bonchev–Trinajstić information content (AvgIpc) is 2.56. The van der Waals surface area contributed by atoms with Crippen LogP contribution in [0.25, 0.3) is 0 Å². The molecule has 0 spiro atoms. The average molecular weight is 334 g/mol. The maximum absolute atomic E-state index is 12.2. The van der Waals surface area contributed by atoms with Gasteiger partial charge in [-0.2, -0.15) is 0 Å². The van der Waals surface area contributed by atoms with Gasteiger partial charge in [0.25, 0.3) is 9.84 Å². The van der Waals surface area contributed by atoms with Crippen LogP contribution in [-0.4, -0.2) is 24.9 Å². The Morgan fingerprint density at radius 1 is 1.09 bits per heavy atom. The third-order valence-electron chi connectivity index (χ3n) is 2.93. The first-order chi connectivity index (χ1) is 11.0. The first kappa shape index (κ1) is 16.6. The van der Waals surface area contributed by atoms with E-state index in [-0.39, 0.29) is 11.5 Å². The Balaban J connectivity index is 2.10. The Kier molecular flexibility index (Phi) is 5.42. The summed E-state index contributed by atoms with van der Waals surface area (Å²) >= 11 is 0. The summed E-state index contributed by atoms with van der Waals surface area (Å²) in [5, 5.41) is 12.5. The van der Waals surface area contributed by atoms with E-state index in [1.165, 1.54) is 24.3 Å². The molecule has 0 aliphatic rings. The number of sulfone groups is 1. The summed E-state index contributed by atoms with van der Waals surface area (Å²) < 4.78 is 24.5. The highest BCUT2D eigenvalue weighted by molar-refractivity contribution is 7.92. The molecule has 120 valence electrons. The molecule has 1 atom stereocenters. The van der Waals surface area contributed by atoms with Gasteiger partial charge in [-0.3, -0.25) is 10.1 Å². The van der Waals surface area contributed by atoms with Crippen LogP contribution in [0.4, 0.5) is 0 Å². The zero-order chi connectivity index (χ0) is 16.7. The molecule has 0 fully saturated rings. The molecule has 0 saturated carbocycles. The van der Waals surface area contributed by atoms with Crippen LogP contribution in [0.2, 0.25) is 0 Å². The first-order valence-corrected chi connectivity index (χ1v) is 8.18. The van der Waals surface area contributed by atoms with Crippen molar-refractivity contribution < 1.29 is 18.2 Å². The topological polar surface area (TPSA) is 98.9 Å². The van der Waals surface area contributed by atoms with Crippen molar-refractivity contribution in [1.82, 2.24) is 0 Å². The standard InChI is InChI=1S/C15H14N2O5S/c18-17(19)15(23(20,21)14-9-5-2-6-10-14)11-16-22-12-13-7-3-1-4-8-13/h1-11,15H,12H2/b16-11-. The van der Waals surface area contributed by atoms with Crippen molar-refractivity contribution in [3.05, 3.63) is 76.3 Å². The zero-order valence-corrected chi connectivity index (χ0v) is 12.8. The third-order valence-corrected chi connectivity index (χ3v) is 4.79. The molecular weight excluding hydrogens is 320 g/mol. The number of nitro groups is 1. The predicted octanol–water partition coefficient (Wildman–Crippen LogP) is 2.27. The van der Waals surface area contributed by atoms with Gasteiger partial charge in [0.15, 0.2) is 0 Å². The van der Waals surface area contributed by atoms with Gasteiger partial charge in [0.05, 0.1) is 4.90 Å². The number of oxime groups is 1. The molecule has 0 radical (unpaired) electrons. The van der Waals surface area contributed by atoms with Gasteiger partial charge >= 0.3 is 5.37 Å². The maximum atomic E-state index is 12.2. The molecular formula is C15H14N2O5S. The molecule has 0 aliphatic carbocycles. The number of benzene rings is 2. The Morgan fingerprint density at radius 3 is 2.22 bits per heavy atom. The number of hydrogen-bond donors (Lipinski definition) is 0. The summed E-state index contributed by atoms with van der Waals surface area (Å²) in [6.45, 7) is 0.0904. The van der Waals surface area contributed by atoms with Crippen molar-refractivity contribution in [2.24, 2.45) is 5.16 Å². The quantitative estimate of drug-likeness (QED) is 0.439. The van der Waals surface area contributed by atoms with Crippen LogP contribution in [0, 0.1) is 10.1 Å². The first-order valence-electron chi connectivity index (χ1n) is 6.63. The van der Waals surface area contributed by atoms with E-state index in [1.54, 1.807) is 18.2 Å². The predicted molar refractivity (Wildman–Crippen MR) is 84.1 cm³/mol. The highest BCUT2D eigenvalue weighted by Crippen LogP contribution is 2.15. The molecule has 0 heterocycles. The molecule has 23 heavy (non-hydrogen) atoms.